The summed E-state index contributed by atoms with van der Waals surface area (Å²) in [4.78, 5) is 0. The maximum absolute atomic E-state index is 9.66. The summed E-state index contributed by atoms with van der Waals surface area (Å²) < 4.78 is 0. The molecule has 0 aromatic heterocycles. The summed E-state index contributed by atoms with van der Waals surface area (Å²) in [5.41, 5.74) is 3.99. The smallest absolute Gasteiger partial charge is 0.0716 e. The van der Waals surface area contributed by atoms with Crippen LogP contribution in [0.1, 0.15) is 16.7 Å². The second-order valence-electron chi connectivity index (χ2n) is 5.04. The predicted octanol–water partition coefficient (Wildman–Crippen LogP) is 0.973. The first kappa shape index (κ1) is 12.6. The summed E-state index contributed by atoms with van der Waals surface area (Å²) in [7, 11) is 0. The molecule has 1 aromatic rings. The zero-order valence-electron chi connectivity index (χ0n) is 10.7. The molecule has 0 aliphatic carbocycles. The highest BCUT2D eigenvalue weighted by Gasteiger charge is 2.23. The first-order chi connectivity index (χ1) is 8.16. The number of nitrogens with one attached hydrogen (secondary N) is 2. The molecule has 1 aliphatic heterocycles. The van der Waals surface area contributed by atoms with Gasteiger partial charge in [-0.25, -0.2) is 0 Å². The van der Waals surface area contributed by atoms with E-state index in [1.165, 1.54) is 16.7 Å². The average molecular weight is 234 g/mol. The molecule has 2 rings (SSSR count). The van der Waals surface area contributed by atoms with Crippen molar-refractivity contribution in [1.29, 1.82) is 0 Å². The molecule has 3 heteroatoms. The van der Waals surface area contributed by atoms with Crippen molar-refractivity contribution in [3.8, 4) is 0 Å². The second kappa shape index (κ2) is 5.63. The van der Waals surface area contributed by atoms with E-state index in [1.807, 2.05) is 0 Å². The standard InChI is InChI=1S/C14H22N2O/c1-10-3-4-12(5-11(10)2)6-15-7-13-8-16-9-14(13)17/h3-5,13-17H,6-9H2,1-2H3. The van der Waals surface area contributed by atoms with Gasteiger partial charge in [0.05, 0.1) is 6.10 Å². The van der Waals surface area contributed by atoms with Gasteiger partial charge >= 0.3 is 0 Å². The highest BCUT2D eigenvalue weighted by molar-refractivity contribution is 5.29. The molecule has 1 fully saturated rings. The molecule has 0 saturated carbocycles. The molecule has 3 N–H and O–H groups in total. The average Bonchev–Trinajstić information content (AvgIpc) is 2.70. The number of aliphatic hydroxyl groups excluding tert-OH is 1. The van der Waals surface area contributed by atoms with Crippen molar-refractivity contribution in [1.82, 2.24) is 10.6 Å². The van der Waals surface area contributed by atoms with Gasteiger partial charge < -0.3 is 15.7 Å². The summed E-state index contributed by atoms with van der Waals surface area (Å²) >= 11 is 0. The lowest BCUT2D eigenvalue weighted by molar-refractivity contribution is 0.146. The lowest BCUT2D eigenvalue weighted by Crippen LogP contribution is -2.30. The fourth-order valence-electron chi connectivity index (χ4n) is 2.24. The number of benzene rings is 1. The minimum Gasteiger partial charge on any atom is -0.391 e. The van der Waals surface area contributed by atoms with E-state index in [9.17, 15) is 5.11 Å². The normalized spacial score (nSPS) is 24.2. The van der Waals surface area contributed by atoms with E-state index >= 15 is 0 Å². The van der Waals surface area contributed by atoms with Gasteiger partial charge in [0.15, 0.2) is 0 Å². The van der Waals surface area contributed by atoms with E-state index in [0.717, 1.165) is 26.2 Å². The van der Waals surface area contributed by atoms with Gasteiger partial charge in [-0.05, 0) is 30.5 Å². The molecule has 0 amide bonds. The Morgan fingerprint density at radius 1 is 1.29 bits per heavy atom. The van der Waals surface area contributed by atoms with Crippen LogP contribution in [0.2, 0.25) is 0 Å². The van der Waals surface area contributed by atoms with Crippen LogP contribution in [0.5, 0.6) is 0 Å². The van der Waals surface area contributed by atoms with Crippen LogP contribution in [0.3, 0.4) is 0 Å². The van der Waals surface area contributed by atoms with Gasteiger partial charge in [0, 0.05) is 32.1 Å². The third kappa shape index (κ3) is 3.28. The van der Waals surface area contributed by atoms with E-state index in [1.54, 1.807) is 0 Å². The summed E-state index contributed by atoms with van der Waals surface area (Å²) in [6.45, 7) is 7.68. The van der Waals surface area contributed by atoms with Crippen LogP contribution in [0.25, 0.3) is 0 Å². The maximum atomic E-state index is 9.66. The van der Waals surface area contributed by atoms with Gasteiger partial charge in [-0.2, -0.15) is 0 Å². The first-order valence-electron chi connectivity index (χ1n) is 6.32. The van der Waals surface area contributed by atoms with Gasteiger partial charge in [0.25, 0.3) is 0 Å². The van der Waals surface area contributed by atoms with Crippen LogP contribution < -0.4 is 10.6 Å². The maximum Gasteiger partial charge on any atom is 0.0716 e. The molecule has 0 radical (unpaired) electrons. The molecule has 2 atom stereocenters. The number of hydrogen-bond acceptors (Lipinski definition) is 3. The van der Waals surface area contributed by atoms with Crippen molar-refractivity contribution in [2.45, 2.75) is 26.5 Å². The van der Waals surface area contributed by atoms with E-state index in [4.69, 9.17) is 0 Å². The molecule has 94 valence electrons. The Balaban J connectivity index is 1.79. The van der Waals surface area contributed by atoms with Gasteiger partial charge in [0.1, 0.15) is 0 Å². The quantitative estimate of drug-likeness (QED) is 0.727. The lowest BCUT2D eigenvalue weighted by atomic mass is 10.1. The SMILES string of the molecule is Cc1ccc(CNCC2CNCC2O)cc1C. The fourth-order valence-corrected chi connectivity index (χ4v) is 2.24. The Morgan fingerprint density at radius 2 is 2.12 bits per heavy atom. The van der Waals surface area contributed by atoms with Crippen LogP contribution in [0, 0.1) is 19.8 Å². The van der Waals surface area contributed by atoms with Crippen molar-refractivity contribution in [2.75, 3.05) is 19.6 Å². The van der Waals surface area contributed by atoms with Crippen molar-refractivity contribution < 1.29 is 5.11 Å². The van der Waals surface area contributed by atoms with E-state index < -0.39 is 0 Å². The van der Waals surface area contributed by atoms with E-state index in [0.29, 0.717) is 5.92 Å². The summed E-state index contributed by atoms with van der Waals surface area (Å²) in [6, 6.07) is 6.56. The number of aryl methyl sites for hydroxylation is 2. The topological polar surface area (TPSA) is 44.3 Å². The van der Waals surface area contributed by atoms with Gasteiger partial charge in [-0.3, -0.25) is 0 Å². The Bertz CT molecular complexity index is 378. The van der Waals surface area contributed by atoms with Crippen LogP contribution in [-0.2, 0) is 6.54 Å². The largest absolute Gasteiger partial charge is 0.391 e. The zero-order chi connectivity index (χ0) is 12.3. The van der Waals surface area contributed by atoms with Gasteiger partial charge in [0.2, 0.25) is 0 Å². The molecule has 1 aromatic carbocycles. The van der Waals surface area contributed by atoms with Crippen molar-refractivity contribution in [3.05, 3.63) is 34.9 Å². The third-order valence-corrected chi connectivity index (χ3v) is 3.61. The highest BCUT2D eigenvalue weighted by Crippen LogP contribution is 2.11. The van der Waals surface area contributed by atoms with Crippen LogP contribution in [0.4, 0.5) is 0 Å². The Morgan fingerprint density at radius 3 is 2.76 bits per heavy atom. The number of β-amino-alcohol motifs (C(OH)–C–C–N with tert-alkyl or cyclic N) is 1. The Hall–Kier alpha value is -0.900. The van der Waals surface area contributed by atoms with E-state index in [-0.39, 0.29) is 6.10 Å². The molecule has 1 saturated heterocycles. The van der Waals surface area contributed by atoms with Crippen molar-refractivity contribution >= 4 is 0 Å². The number of hydrogen-bond donors (Lipinski definition) is 3. The summed E-state index contributed by atoms with van der Waals surface area (Å²) in [6.07, 6.45) is -0.192. The fraction of sp³-hybridized carbons (Fsp3) is 0.571. The summed E-state index contributed by atoms with van der Waals surface area (Å²) in [5.74, 6) is 0.349. The van der Waals surface area contributed by atoms with Gasteiger partial charge in [-0.15, -0.1) is 0 Å². The van der Waals surface area contributed by atoms with Crippen molar-refractivity contribution in [3.63, 3.8) is 0 Å². The van der Waals surface area contributed by atoms with Crippen molar-refractivity contribution in [2.24, 2.45) is 5.92 Å². The summed E-state index contributed by atoms with van der Waals surface area (Å²) in [5, 5.41) is 16.3. The number of rotatable bonds is 4. The molecule has 0 bridgehead atoms. The minimum absolute atomic E-state index is 0.192. The molecular formula is C14H22N2O. The molecule has 0 spiro atoms. The predicted molar refractivity (Wildman–Crippen MR) is 70.0 cm³/mol. The number of aliphatic hydroxyl groups is 1. The third-order valence-electron chi connectivity index (χ3n) is 3.61. The minimum atomic E-state index is -0.192. The molecule has 1 aliphatic rings. The second-order valence-corrected chi connectivity index (χ2v) is 5.04. The van der Waals surface area contributed by atoms with Crippen LogP contribution in [0.15, 0.2) is 18.2 Å². The van der Waals surface area contributed by atoms with E-state index in [2.05, 4.69) is 42.7 Å². The Kier molecular flexibility index (Phi) is 4.15. The van der Waals surface area contributed by atoms with Crippen LogP contribution in [-0.4, -0.2) is 30.8 Å². The lowest BCUT2D eigenvalue weighted by Gasteiger charge is -2.14. The molecule has 1 heterocycles. The van der Waals surface area contributed by atoms with Crippen LogP contribution >= 0.6 is 0 Å². The van der Waals surface area contributed by atoms with Gasteiger partial charge in [-0.1, -0.05) is 18.2 Å². The molecule has 2 unspecified atom stereocenters. The Labute approximate surface area is 103 Å². The molecular weight excluding hydrogens is 212 g/mol. The highest BCUT2D eigenvalue weighted by atomic mass is 16.3. The zero-order valence-corrected chi connectivity index (χ0v) is 10.7. The molecule has 3 nitrogen and oxygen atoms in total. The first-order valence-corrected chi connectivity index (χ1v) is 6.32. The monoisotopic (exact) mass is 234 g/mol. The molecule has 17 heavy (non-hydrogen) atoms.